The molecule has 0 spiro atoms. The summed E-state index contributed by atoms with van der Waals surface area (Å²) in [6.07, 6.45) is 13.2. The van der Waals surface area contributed by atoms with Crippen molar-refractivity contribution in [3.8, 4) is 0 Å². The molecule has 0 unspecified atom stereocenters. The topological polar surface area (TPSA) is 40.5 Å². The fraction of sp³-hybridized carbons (Fsp3) is 1.00. The summed E-state index contributed by atoms with van der Waals surface area (Å²) in [4.78, 5) is 18.2. The number of unbranched alkanes of at least 4 members (excludes halogenated alkanes) is 9. The Morgan fingerprint density at radius 2 is 1.12 bits per heavy atom. The Balaban J connectivity index is 2.99. The summed E-state index contributed by atoms with van der Waals surface area (Å²) in [6, 6.07) is 0. The average Bonchev–Trinajstić information content (AvgIpc) is 2.19. The zero-order valence-electron chi connectivity index (χ0n) is 10.6. The molecule has 0 aliphatic heterocycles. The molecule has 16 heavy (non-hydrogen) atoms. The summed E-state index contributed by atoms with van der Waals surface area (Å²) in [5.74, 6) is 0. The third-order valence-corrected chi connectivity index (χ3v) is 4.56. The predicted molar refractivity (Wildman–Crippen MR) is 78.4 cm³/mol. The molecular weight excluding hydrogens is 239 g/mol. The van der Waals surface area contributed by atoms with Gasteiger partial charge in [-0.25, -0.2) is 0 Å². The van der Waals surface area contributed by atoms with Crippen LogP contribution in [0.2, 0.25) is 0 Å². The van der Waals surface area contributed by atoms with Gasteiger partial charge >= 0.3 is 106 Å². The SMILES string of the molecule is CCCCCCCCCCCC[PH](O)(O)S. The van der Waals surface area contributed by atoms with E-state index in [0.717, 1.165) is 12.8 Å². The summed E-state index contributed by atoms with van der Waals surface area (Å²) in [6.45, 7) is -0.810. The van der Waals surface area contributed by atoms with Crippen LogP contribution in [-0.4, -0.2) is 15.9 Å². The van der Waals surface area contributed by atoms with Gasteiger partial charge in [0.15, 0.2) is 0 Å². The molecule has 2 N–H and O–H groups in total. The zero-order valence-corrected chi connectivity index (χ0v) is 12.5. The average molecular weight is 268 g/mol. The van der Waals surface area contributed by atoms with Crippen molar-refractivity contribution in [2.45, 2.75) is 71.1 Å². The van der Waals surface area contributed by atoms with Crippen LogP contribution in [-0.2, 0) is 0 Å². The summed E-state index contributed by atoms with van der Waals surface area (Å²) >= 11 is 3.80. The number of thiol groups is 1. The molecule has 0 aromatic carbocycles. The van der Waals surface area contributed by atoms with Gasteiger partial charge in [0.25, 0.3) is 0 Å². The molecule has 0 aromatic rings. The normalized spacial score (nSPS) is 13.0. The maximum absolute atomic E-state index is 9.10. The molecule has 0 fully saturated rings. The molecule has 0 aliphatic carbocycles. The van der Waals surface area contributed by atoms with Crippen molar-refractivity contribution < 1.29 is 9.79 Å². The van der Waals surface area contributed by atoms with Crippen molar-refractivity contribution in [1.29, 1.82) is 0 Å². The first-order valence-electron chi connectivity index (χ1n) is 6.73. The Kier molecular flexibility index (Phi) is 11.3. The van der Waals surface area contributed by atoms with Gasteiger partial charge in [-0.15, -0.1) is 0 Å². The summed E-state index contributed by atoms with van der Waals surface area (Å²) in [5, 5.41) is 0. The van der Waals surface area contributed by atoms with Gasteiger partial charge in [0.2, 0.25) is 0 Å². The van der Waals surface area contributed by atoms with E-state index in [2.05, 4.69) is 19.2 Å². The molecule has 0 atom stereocenters. The van der Waals surface area contributed by atoms with E-state index in [1.54, 1.807) is 0 Å². The molecule has 0 bridgehead atoms. The van der Waals surface area contributed by atoms with Crippen molar-refractivity contribution in [2.24, 2.45) is 0 Å². The summed E-state index contributed by atoms with van der Waals surface area (Å²) in [7, 11) is 0. The van der Waals surface area contributed by atoms with Crippen molar-refractivity contribution in [1.82, 2.24) is 0 Å². The Morgan fingerprint density at radius 3 is 1.50 bits per heavy atom. The fourth-order valence-corrected chi connectivity index (χ4v) is 3.05. The van der Waals surface area contributed by atoms with Crippen LogP contribution < -0.4 is 0 Å². The fourth-order valence-electron chi connectivity index (χ4n) is 1.85. The third-order valence-electron chi connectivity index (χ3n) is 2.87. The van der Waals surface area contributed by atoms with Gasteiger partial charge in [-0.2, -0.15) is 0 Å². The Labute approximate surface area is 107 Å². The monoisotopic (exact) mass is 268 g/mol. The van der Waals surface area contributed by atoms with Crippen molar-refractivity contribution in [3.05, 3.63) is 0 Å². The second kappa shape index (κ2) is 10.8. The molecule has 0 heterocycles. The van der Waals surface area contributed by atoms with Gasteiger partial charge < -0.3 is 0 Å². The van der Waals surface area contributed by atoms with Crippen molar-refractivity contribution >= 4 is 19.2 Å². The van der Waals surface area contributed by atoms with Gasteiger partial charge in [0.05, 0.1) is 0 Å². The van der Waals surface area contributed by atoms with E-state index in [1.165, 1.54) is 51.4 Å². The van der Waals surface area contributed by atoms with Crippen LogP contribution in [0, 0.1) is 0 Å². The van der Waals surface area contributed by atoms with E-state index >= 15 is 0 Å². The molecule has 100 valence electrons. The number of rotatable bonds is 11. The molecule has 0 radical (unpaired) electrons. The standard InChI is InChI=1S/C12H29O2PS/c1-2-3-4-5-6-7-8-9-10-11-12-15(13,14)16/h13-16H,2-12H2,1H3. The van der Waals surface area contributed by atoms with E-state index in [0.29, 0.717) is 6.16 Å². The van der Waals surface area contributed by atoms with Crippen LogP contribution in [0.3, 0.4) is 0 Å². The quantitative estimate of drug-likeness (QED) is 0.297. The van der Waals surface area contributed by atoms with Gasteiger partial charge in [0.1, 0.15) is 0 Å². The van der Waals surface area contributed by atoms with E-state index in [-0.39, 0.29) is 0 Å². The molecule has 0 aliphatic rings. The first kappa shape index (κ1) is 16.7. The molecular formula is C12H29O2PS. The number of hydrogen-bond acceptors (Lipinski definition) is 3. The van der Waals surface area contributed by atoms with E-state index < -0.39 is 6.92 Å². The second-order valence-electron chi connectivity index (χ2n) is 4.71. The van der Waals surface area contributed by atoms with Gasteiger partial charge in [-0.05, 0) is 0 Å². The van der Waals surface area contributed by atoms with Crippen LogP contribution in [0.25, 0.3) is 0 Å². The first-order chi connectivity index (χ1) is 7.56. The van der Waals surface area contributed by atoms with Gasteiger partial charge in [0, 0.05) is 0 Å². The summed E-state index contributed by atoms with van der Waals surface area (Å²) < 4.78 is 0. The minimum atomic E-state index is -3.05. The molecule has 4 heteroatoms. The van der Waals surface area contributed by atoms with Crippen molar-refractivity contribution in [2.75, 3.05) is 6.16 Å². The van der Waals surface area contributed by atoms with E-state index in [4.69, 9.17) is 9.79 Å². The van der Waals surface area contributed by atoms with Crippen LogP contribution in [0.1, 0.15) is 71.1 Å². The minimum absolute atomic E-state index is 0.507. The predicted octanol–water partition coefficient (Wildman–Crippen LogP) is 4.32. The van der Waals surface area contributed by atoms with Gasteiger partial charge in [-0.1, -0.05) is 0 Å². The molecule has 2 nitrogen and oxygen atoms in total. The van der Waals surface area contributed by atoms with Crippen LogP contribution in [0.4, 0.5) is 0 Å². The van der Waals surface area contributed by atoms with Gasteiger partial charge in [-0.3, -0.25) is 0 Å². The van der Waals surface area contributed by atoms with Crippen LogP contribution in [0.15, 0.2) is 0 Å². The van der Waals surface area contributed by atoms with E-state index in [1.807, 2.05) is 0 Å². The number of hydrogen-bond donors (Lipinski definition) is 3. The molecule has 0 rings (SSSR count). The van der Waals surface area contributed by atoms with Crippen molar-refractivity contribution in [3.63, 3.8) is 0 Å². The molecule has 0 aromatic heterocycles. The first-order valence-corrected chi connectivity index (χ1v) is 10.1. The summed E-state index contributed by atoms with van der Waals surface area (Å²) in [5.41, 5.74) is 0. The Morgan fingerprint density at radius 1 is 0.750 bits per heavy atom. The third kappa shape index (κ3) is 14.7. The van der Waals surface area contributed by atoms with Crippen LogP contribution >= 0.6 is 19.2 Å². The molecule has 0 saturated carbocycles. The maximum atomic E-state index is 9.10. The Bertz CT molecular complexity index is 148. The molecule has 0 amide bonds. The second-order valence-corrected chi connectivity index (χ2v) is 8.90. The zero-order chi connectivity index (χ0) is 12.3. The molecule has 0 saturated heterocycles. The van der Waals surface area contributed by atoms with E-state index in [9.17, 15) is 0 Å². The van der Waals surface area contributed by atoms with Crippen LogP contribution in [0.5, 0.6) is 0 Å². The Hall–Kier alpha value is 0.700.